The summed E-state index contributed by atoms with van der Waals surface area (Å²) in [5, 5.41) is 7.57. The van der Waals surface area contributed by atoms with E-state index in [2.05, 4.69) is 30.6 Å². The maximum Gasteiger partial charge on any atom is 0.251 e. The van der Waals surface area contributed by atoms with E-state index < -0.39 is 5.82 Å². The van der Waals surface area contributed by atoms with E-state index in [1.807, 2.05) is 18.2 Å². The van der Waals surface area contributed by atoms with Crippen LogP contribution in [0.1, 0.15) is 36.0 Å². The monoisotopic (exact) mass is 464 g/mol. The number of benzene rings is 1. The maximum absolute atomic E-state index is 14.7. The summed E-state index contributed by atoms with van der Waals surface area (Å²) in [6.07, 6.45) is 8.03. The van der Waals surface area contributed by atoms with Crippen molar-refractivity contribution in [1.82, 2.24) is 25.3 Å². The zero-order valence-corrected chi connectivity index (χ0v) is 18.4. The second-order valence-electron chi connectivity index (χ2n) is 8.12. The van der Waals surface area contributed by atoms with E-state index in [0.29, 0.717) is 27.6 Å². The zero-order chi connectivity index (χ0) is 22.8. The summed E-state index contributed by atoms with van der Waals surface area (Å²) in [4.78, 5) is 28.6. The highest BCUT2D eigenvalue weighted by molar-refractivity contribution is 6.31. The number of nitrogens with one attached hydrogen (secondary N) is 3. The largest absolute Gasteiger partial charge is 0.363 e. The number of amides is 1. The average molecular weight is 465 g/mol. The van der Waals surface area contributed by atoms with Crippen LogP contribution in [-0.2, 0) is 0 Å². The Labute approximate surface area is 194 Å². The van der Waals surface area contributed by atoms with Crippen molar-refractivity contribution in [3.63, 3.8) is 0 Å². The zero-order valence-electron chi connectivity index (χ0n) is 17.7. The van der Waals surface area contributed by atoms with Gasteiger partial charge in [0.15, 0.2) is 17.5 Å². The number of aromatic nitrogens is 4. The minimum atomic E-state index is -0.548. The summed E-state index contributed by atoms with van der Waals surface area (Å²) in [5.74, 6) is -0.222. The Kier molecular flexibility index (Phi) is 5.92. The predicted molar refractivity (Wildman–Crippen MR) is 126 cm³/mol. The first kappa shape index (κ1) is 21.3. The van der Waals surface area contributed by atoms with Crippen molar-refractivity contribution in [2.45, 2.75) is 37.8 Å². The fourth-order valence-corrected chi connectivity index (χ4v) is 4.41. The first-order valence-electron chi connectivity index (χ1n) is 10.9. The number of hydrogen-bond donors (Lipinski definition) is 3. The standard InChI is InChI=1S/C24H22ClFN6O/c25-15-10-16-17(12-28-21(16)27-11-15)22-29-13-18(26)23(32-22)30-19-8-4-5-9-20(19)31-24(33)14-6-2-1-3-7-14/h1-3,6-7,10-13,19-20H,4-5,8-9H2,(H,27,28)(H,31,33)(H,29,30,32)/t19-,20+/m1/s1. The minimum Gasteiger partial charge on any atom is -0.363 e. The molecule has 3 aromatic heterocycles. The number of H-pyrrole nitrogens is 1. The van der Waals surface area contributed by atoms with Crippen molar-refractivity contribution in [2.24, 2.45) is 0 Å². The summed E-state index contributed by atoms with van der Waals surface area (Å²) in [6.45, 7) is 0. The van der Waals surface area contributed by atoms with Crippen molar-refractivity contribution in [2.75, 3.05) is 5.32 Å². The fraction of sp³-hybridized carbons (Fsp3) is 0.250. The number of rotatable bonds is 5. The lowest BCUT2D eigenvalue weighted by atomic mass is 9.90. The maximum atomic E-state index is 14.7. The van der Waals surface area contributed by atoms with E-state index in [4.69, 9.17) is 11.6 Å². The van der Waals surface area contributed by atoms with Crippen LogP contribution in [0.4, 0.5) is 10.2 Å². The van der Waals surface area contributed by atoms with E-state index in [1.165, 1.54) is 0 Å². The molecule has 4 aromatic rings. The summed E-state index contributed by atoms with van der Waals surface area (Å²) in [7, 11) is 0. The molecule has 1 saturated carbocycles. The van der Waals surface area contributed by atoms with E-state index in [-0.39, 0.29) is 23.8 Å². The van der Waals surface area contributed by atoms with E-state index in [9.17, 15) is 9.18 Å². The summed E-state index contributed by atoms with van der Waals surface area (Å²) in [6, 6.07) is 10.6. The Morgan fingerprint density at radius 1 is 1.09 bits per heavy atom. The van der Waals surface area contributed by atoms with Crippen molar-refractivity contribution >= 4 is 34.4 Å². The van der Waals surface area contributed by atoms with Crippen LogP contribution in [0.25, 0.3) is 22.4 Å². The molecule has 1 amide bonds. The fourth-order valence-electron chi connectivity index (χ4n) is 4.25. The molecule has 1 aliphatic carbocycles. The quantitative estimate of drug-likeness (QED) is 0.387. The Morgan fingerprint density at radius 3 is 2.70 bits per heavy atom. The molecular weight excluding hydrogens is 443 g/mol. The average Bonchev–Trinajstić information content (AvgIpc) is 3.25. The third kappa shape index (κ3) is 4.52. The third-order valence-corrected chi connectivity index (χ3v) is 6.13. The summed E-state index contributed by atoms with van der Waals surface area (Å²) >= 11 is 6.10. The highest BCUT2D eigenvalue weighted by Crippen LogP contribution is 2.29. The topological polar surface area (TPSA) is 95.6 Å². The summed E-state index contributed by atoms with van der Waals surface area (Å²) < 4.78 is 14.7. The van der Waals surface area contributed by atoms with Gasteiger partial charge in [-0.15, -0.1) is 0 Å². The van der Waals surface area contributed by atoms with Crippen molar-refractivity contribution in [3.8, 4) is 11.4 Å². The number of halogens is 2. The van der Waals surface area contributed by atoms with Gasteiger partial charge in [0.2, 0.25) is 0 Å². The minimum absolute atomic E-state index is 0.107. The highest BCUT2D eigenvalue weighted by atomic mass is 35.5. The van der Waals surface area contributed by atoms with Crippen molar-refractivity contribution in [3.05, 3.63) is 71.4 Å². The molecule has 5 rings (SSSR count). The van der Waals surface area contributed by atoms with Gasteiger partial charge in [-0.1, -0.05) is 42.6 Å². The second kappa shape index (κ2) is 9.15. The molecular formula is C24H22ClFN6O. The van der Waals surface area contributed by atoms with Crippen molar-refractivity contribution in [1.29, 1.82) is 0 Å². The van der Waals surface area contributed by atoms with E-state index >= 15 is 0 Å². The molecule has 0 unspecified atom stereocenters. The molecule has 7 nitrogen and oxygen atoms in total. The third-order valence-electron chi connectivity index (χ3n) is 5.92. The Bertz CT molecular complexity index is 1290. The van der Waals surface area contributed by atoms with Gasteiger partial charge in [-0.2, -0.15) is 0 Å². The molecule has 0 aliphatic heterocycles. The first-order chi connectivity index (χ1) is 16.1. The van der Waals surface area contributed by atoms with Crippen LogP contribution >= 0.6 is 11.6 Å². The van der Waals surface area contributed by atoms with Crippen LogP contribution in [0.3, 0.4) is 0 Å². The van der Waals surface area contributed by atoms with Gasteiger partial charge < -0.3 is 15.6 Å². The number of fused-ring (bicyclic) bond motifs is 1. The second-order valence-corrected chi connectivity index (χ2v) is 8.56. The van der Waals surface area contributed by atoms with Crippen LogP contribution in [-0.4, -0.2) is 37.9 Å². The van der Waals surface area contributed by atoms with Gasteiger partial charge >= 0.3 is 0 Å². The number of anilines is 1. The van der Waals surface area contributed by atoms with Gasteiger partial charge in [0, 0.05) is 41.0 Å². The lowest BCUT2D eigenvalue weighted by Gasteiger charge is -2.33. The lowest BCUT2D eigenvalue weighted by molar-refractivity contribution is 0.0923. The van der Waals surface area contributed by atoms with Gasteiger partial charge in [-0.25, -0.2) is 19.3 Å². The van der Waals surface area contributed by atoms with Gasteiger partial charge in [0.05, 0.1) is 11.2 Å². The smallest absolute Gasteiger partial charge is 0.251 e. The molecule has 1 aliphatic rings. The SMILES string of the molecule is O=C(N[C@H]1CCCC[C@H]1Nc1nc(-c2c[nH]c3ncc(Cl)cc23)ncc1F)c1ccccc1. The molecule has 9 heteroatoms. The molecule has 2 atom stereocenters. The lowest BCUT2D eigenvalue weighted by Crippen LogP contribution is -2.48. The van der Waals surface area contributed by atoms with Crippen molar-refractivity contribution < 1.29 is 9.18 Å². The van der Waals surface area contributed by atoms with Gasteiger partial charge in [-0.05, 0) is 31.0 Å². The Hall–Kier alpha value is -3.52. The van der Waals surface area contributed by atoms with Crippen LogP contribution in [0.15, 0.2) is 55.0 Å². The number of aromatic amines is 1. The molecule has 0 spiro atoms. The van der Waals surface area contributed by atoms with Gasteiger partial charge in [-0.3, -0.25) is 4.79 Å². The van der Waals surface area contributed by atoms with E-state index in [1.54, 1.807) is 30.6 Å². The molecule has 168 valence electrons. The molecule has 0 bridgehead atoms. The number of nitrogens with zero attached hydrogens (tertiary/aromatic N) is 3. The number of carbonyl (C=O) groups excluding carboxylic acids is 1. The molecule has 0 saturated heterocycles. The Balaban J connectivity index is 1.39. The summed E-state index contributed by atoms with van der Waals surface area (Å²) in [5.41, 5.74) is 1.93. The number of carbonyl (C=O) groups is 1. The predicted octanol–water partition coefficient (Wildman–Crippen LogP) is 4.97. The molecule has 1 aromatic carbocycles. The molecule has 3 heterocycles. The van der Waals surface area contributed by atoms with Crippen LogP contribution in [0.5, 0.6) is 0 Å². The first-order valence-corrected chi connectivity index (χ1v) is 11.2. The molecule has 0 radical (unpaired) electrons. The van der Waals surface area contributed by atoms with E-state index in [0.717, 1.165) is 37.3 Å². The van der Waals surface area contributed by atoms with Crippen LogP contribution in [0, 0.1) is 5.82 Å². The van der Waals surface area contributed by atoms with Gasteiger partial charge in [0.1, 0.15) is 5.65 Å². The number of hydrogen-bond acceptors (Lipinski definition) is 5. The molecule has 33 heavy (non-hydrogen) atoms. The Morgan fingerprint density at radius 2 is 1.88 bits per heavy atom. The highest BCUT2D eigenvalue weighted by Gasteiger charge is 2.28. The molecule has 3 N–H and O–H groups in total. The van der Waals surface area contributed by atoms with Gasteiger partial charge in [0.25, 0.3) is 5.91 Å². The number of pyridine rings is 1. The molecule has 1 fully saturated rings. The van der Waals surface area contributed by atoms with Crippen LogP contribution < -0.4 is 10.6 Å². The van der Waals surface area contributed by atoms with Crippen LogP contribution in [0.2, 0.25) is 5.02 Å². The normalized spacial score (nSPS) is 18.2.